The van der Waals surface area contributed by atoms with Crippen molar-refractivity contribution >= 4 is 34.2 Å². The Kier molecular flexibility index (Phi) is 4.62. The Bertz CT molecular complexity index is 770. The topological polar surface area (TPSA) is 29.5 Å². The van der Waals surface area contributed by atoms with Gasteiger partial charge in [-0.2, -0.15) is 0 Å². The molecule has 1 heterocycles. The molecule has 0 N–H and O–H groups in total. The first-order valence-electron chi connectivity index (χ1n) is 7.78. The minimum Gasteiger partial charge on any atom is -0.495 e. The summed E-state index contributed by atoms with van der Waals surface area (Å²) in [4.78, 5) is 15.1. The van der Waals surface area contributed by atoms with E-state index in [-0.39, 0.29) is 5.91 Å². The summed E-state index contributed by atoms with van der Waals surface area (Å²) in [5.41, 5.74) is 5.29. The number of ether oxygens (including phenoxy) is 1. The summed E-state index contributed by atoms with van der Waals surface area (Å²) in [6, 6.07) is 9.92. The van der Waals surface area contributed by atoms with Crippen molar-refractivity contribution in [2.24, 2.45) is 0 Å². The highest BCUT2D eigenvalue weighted by Gasteiger charge is 2.28. The first-order valence-corrected chi connectivity index (χ1v) is 8.86. The molecule has 0 aliphatic carbocycles. The number of aryl methyl sites for hydroxylation is 2. The van der Waals surface area contributed by atoms with Crippen LogP contribution in [0.5, 0.6) is 5.75 Å². The van der Waals surface area contributed by atoms with Gasteiger partial charge in [0.05, 0.1) is 18.4 Å². The third-order valence-corrected chi connectivity index (χ3v) is 5.88. The summed E-state index contributed by atoms with van der Waals surface area (Å²) in [5.74, 6) is 0.837. The largest absolute Gasteiger partial charge is 0.495 e. The van der Waals surface area contributed by atoms with E-state index in [9.17, 15) is 4.79 Å². The van der Waals surface area contributed by atoms with Gasteiger partial charge in [0, 0.05) is 10.1 Å². The molecule has 1 aliphatic rings. The molecule has 0 aromatic heterocycles. The summed E-state index contributed by atoms with van der Waals surface area (Å²) < 4.78 is 6.56. The maximum Gasteiger partial charge on any atom is 0.259 e. The summed E-state index contributed by atoms with van der Waals surface area (Å²) >= 11 is 2.26. The zero-order valence-corrected chi connectivity index (χ0v) is 15.8. The standard InChI is InChI=1S/C19H20INO2/c1-12-9-10-16(23-3)18-14(12)8-5-11-21(18)19(22)15-7-4-6-13(2)17(15)20/h4,6-7,9-10H,5,8,11H2,1-3H3. The van der Waals surface area contributed by atoms with E-state index in [0.717, 1.165) is 45.5 Å². The Labute approximate surface area is 150 Å². The van der Waals surface area contributed by atoms with Crippen LogP contribution in [0.15, 0.2) is 30.3 Å². The minimum absolute atomic E-state index is 0.0583. The zero-order chi connectivity index (χ0) is 16.6. The number of amides is 1. The van der Waals surface area contributed by atoms with E-state index in [0.29, 0.717) is 0 Å². The number of halogens is 1. The average Bonchev–Trinajstić information content (AvgIpc) is 2.57. The van der Waals surface area contributed by atoms with E-state index in [2.05, 4.69) is 35.6 Å². The lowest BCUT2D eigenvalue weighted by Gasteiger charge is -2.32. The van der Waals surface area contributed by atoms with E-state index in [4.69, 9.17) is 4.74 Å². The summed E-state index contributed by atoms with van der Waals surface area (Å²) in [6.07, 6.45) is 1.97. The Hall–Kier alpha value is -1.56. The predicted molar refractivity (Wildman–Crippen MR) is 102 cm³/mol. The fraction of sp³-hybridized carbons (Fsp3) is 0.316. The van der Waals surface area contributed by atoms with Crippen molar-refractivity contribution < 1.29 is 9.53 Å². The lowest BCUT2D eigenvalue weighted by Crippen LogP contribution is -2.36. The van der Waals surface area contributed by atoms with Crippen LogP contribution in [0.25, 0.3) is 0 Å². The van der Waals surface area contributed by atoms with Crippen molar-refractivity contribution in [3.63, 3.8) is 0 Å². The third-order valence-electron chi connectivity index (χ3n) is 4.45. The highest BCUT2D eigenvalue weighted by atomic mass is 127. The molecule has 0 unspecified atom stereocenters. The number of anilines is 1. The quantitative estimate of drug-likeness (QED) is 0.668. The van der Waals surface area contributed by atoms with Crippen LogP contribution in [0.1, 0.15) is 33.5 Å². The van der Waals surface area contributed by atoms with E-state index >= 15 is 0 Å². The second-order valence-electron chi connectivity index (χ2n) is 5.91. The number of fused-ring (bicyclic) bond motifs is 1. The van der Waals surface area contributed by atoms with Crippen LogP contribution in [-0.4, -0.2) is 19.6 Å². The number of methoxy groups -OCH3 is 1. The van der Waals surface area contributed by atoms with Crippen molar-refractivity contribution in [3.05, 3.63) is 56.2 Å². The molecule has 120 valence electrons. The monoisotopic (exact) mass is 421 g/mol. The van der Waals surface area contributed by atoms with Gasteiger partial charge in [-0.25, -0.2) is 0 Å². The third kappa shape index (κ3) is 2.84. The van der Waals surface area contributed by atoms with Crippen LogP contribution in [-0.2, 0) is 6.42 Å². The zero-order valence-electron chi connectivity index (χ0n) is 13.6. The van der Waals surface area contributed by atoms with Gasteiger partial charge in [-0.3, -0.25) is 4.79 Å². The van der Waals surface area contributed by atoms with Crippen LogP contribution in [0.4, 0.5) is 5.69 Å². The van der Waals surface area contributed by atoms with E-state index in [1.165, 1.54) is 11.1 Å². The Morgan fingerprint density at radius 3 is 2.70 bits per heavy atom. The lowest BCUT2D eigenvalue weighted by molar-refractivity contribution is 0.0983. The second-order valence-corrected chi connectivity index (χ2v) is 6.99. The molecule has 3 nitrogen and oxygen atoms in total. The van der Waals surface area contributed by atoms with Gasteiger partial charge < -0.3 is 9.64 Å². The number of benzene rings is 2. The van der Waals surface area contributed by atoms with Gasteiger partial charge >= 0.3 is 0 Å². The molecule has 2 aromatic carbocycles. The summed E-state index contributed by atoms with van der Waals surface area (Å²) in [7, 11) is 1.67. The van der Waals surface area contributed by atoms with Gasteiger partial charge in [0.15, 0.2) is 0 Å². The summed E-state index contributed by atoms with van der Waals surface area (Å²) in [5, 5.41) is 0. The SMILES string of the molecule is COc1ccc(C)c2c1N(C(=O)c1cccc(C)c1I)CCC2. The molecule has 0 saturated heterocycles. The van der Waals surface area contributed by atoms with Crippen molar-refractivity contribution in [2.75, 3.05) is 18.6 Å². The molecule has 0 bridgehead atoms. The number of rotatable bonds is 2. The maximum absolute atomic E-state index is 13.2. The summed E-state index contributed by atoms with van der Waals surface area (Å²) in [6.45, 7) is 4.87. The molecule has 0 atom stereocenters. The van der Waals surface area contributed by atoms with Gasteiger partial charge in [-0.15, -0.1) is 0 Å². The van der Waals surface area contributed by atoms with Crippen LogP contribution in [0, 0.1) is 17.4 Å². The smallest absolute Gasteiger partial charge is 0.259 e. The van der Waals surface area contributed by atoms with E-state index in [1.807, 2.05) is 36.1 Å². The highest BCUT2D eigenvalue weighted by Crippen LogP contribution is 2.39. The van der Waals surface area contributed by atoms with Gasteiger partial charge in [0.1, 0.15) is 5.75 Å². The fourth-order valence-electron chi connectivity index (χ4n) is 3.18. The van der Waals surface area contributed by atoms with E-state index in [1.54, 1.807) is 7.11 Å². The molecule has 0 fully saturated rings. The maximum atomic E-state index is 13.2. The second kappa shape index (κ2) is 6.51. The first-order chi connectivity index (χ1) is 11.0. The number of hydrogen-bond donors (Lipinski definition) is 0. The number of hydrogen-bond acceptors (Lipinski definition) is 2. The molecule has 0 radical (unpaired) electrons. The van der Waals surface area contributed by atoms with E-state index < -0.39 is 0 Å². The number of carbonyl (C=O) groups is 1. The average molecular weight is 421 g/mol. The predicted octanol–water partition coefficient (Wildman–Crippen LogP) is 4.51. The lowest BCUT2D eigenvalue weighted by atomic mass is 9.95. The molecule has 0 spiro atoms. The van der Waals surface area contributed by atoms with Crippen molar-refractivity contribution in [1.82, 2.24) is 0 Å². The Morgan fingerprint density at radius 1 is 1.17 bits per heavy atom. The Morgan fingerprint density at radius 2 is 1.96 bits per heavy atom. The van der Waals surface area contributed by atoms with Crippen molar-refractivity contribution in [1.29, 1.82) is 0 Å². The van der Waals surface area contributed by atoms with Crippen LogP contribution in [0.2, 0.25) is 0 Å². The normalized spacial score (nSPS) is 13.7. The van der Waals surface area contributed by atoms with Crippen LogP contribution in [0.3, 0.4) is 0 Å². The number of carbonyl (C=O) groups excluding carboxylic acids is 1. The van der Waals surface area contributed by atoms with Crippen molar-refractivity contribution in [3.8, 4) is 5.75 Å². The molecule has 2 aromatic rings. The van der Waals surface area contributed by atoms with Crippen LogP contribution >= 0.6 is 22.6 Å². The molecule has 1 amide bonds. The minimum atomic E-state index is 0.0583. The van der Waals surface area contributed by atoms with Gasteiger partial charge in [-0.1, -0.05) is 18.2 Å². The molecule has 3 rings (SSSR count). The fourth-order valence-corrected chi connectivity index (χ4v) is 3.77. The van der Waals surface area contributed by atoms with Gasteiger partial charge in [0.2, 0.25) is 0 Å². The molecule has 0 saturated carbocycles. The first kappa shape index (κ1) is 16.3. The molecule has 23 heavy (non-hydrogen) atoms. The molecule has 1 aliphatic heterocycles. The molecule has 4 heteroatoms. The molecular formula is C19H20INO2. The molecular weight excluding hydrogens is 401 g/mol. The van der Waals surface area contributed by atoms with Gasteiger partial charge in [-0.05, 0) is 78.1 Å². The van der Waals surface area contributed by atoms with Crippen molar-refractivity contribution in [2.45, 2.75) is 26.7 Å². The van der Waals surface area contributed by atoms with Gasteiger partial charge in [0.25, 0.3) is 5.91 Å². The van der Waals surface area contributed by atoms with Crippen LogP contribution < -0.4 is 9.64 Å². The number of nitrogens with zero attached hydrogens (tertiary/aromatic N) is 1. The highest BCUT2D eigenvalue weighted by molar-refractivity contribution is 14.1. The Balaban J connectivity index is 2.11.